The molecule has 1 aliphatic heterocycles. The van der Waals surface area contributed by atoms with E-state index < -0.39 is 0 Å². The zero-order valence-electron chi connectivity index (χ0n) is 14.5. The van der Waals surface area contributed by atoms with Gasteiger partial charge in [0.05, 0.1) is 24.4 Å². The minimum Gasteiger partial charge on any atom is -0.379 e. The summed E-state index contributed by atoms with van der Waals surface area (Å²) in [6, 6.07) is 15.1. The largest absolute Gasteiger partial charge is 0.379 e. The molecule has 0 bridgehead atoms. The minimum atomic E-state index is 0.845. The Balaban J connectivity index is 1.45. The van der Waals surface area contributed by atoms with Crippen molar-refractivity contribution >= 4 is 23.1 Å². The molecule has 4 rings (SSSR count). The van der Waals surface area contributed by atoms with Crippen LogP contribution in [0.5, 0.6) is 0 Å². The first-order valence-corrected chi connectivity index (χ1v) is 8.80. The molecule has 0 saturated carbocycles. The number of hydrogen-bond acceptors (Lipinski definition) is 3. The van der Waals surface area contributed by atoms with Gasteiger partial charge in [-0.1, -0.05) is 42.5 Å². The van der Waals surface area contributed by atoms with Crippen molar-refractivity contribution in [3.05, 3.63) is 64.8 Å². The highest BCUT2D eigenvalue weighted by Crippen LogP contribution is 2.19. The fourth-order valence-corrected chi connectivity index (χ4v) is 3.21. The van der Waals surface area contributed by atoms with Gasteiger partial charge in [-0.25, -0.2) is 0 Å². The molecule has 1 fully saturated rings. The predicted octanol–water partition coefficient (Wildman–Crippen LogP) is 3.87. The standard InChI is InChI=1S/C21H23N3O/c1-16-2-8-19-20(22-23-21(19)14-16)9-7-17-3-5-18(6-4-17)15-24-10-12-25-13-11-24/h2-9,14H,10-13,15H2,1H3,(H,22,23)/b9-7+. The molecular weight excluding hydrogens is 310 g/mol. The molecule has 1 aromatic heterocycles. The van der Waals surface area contributed by atoms with Crippen molar-refractivity contribution in [2.24, 2.45) is 0 Å². The van der Waals surface area contributed by atoms with E-state index in [0.29, 0.717) is 0 Å². The molecule has 1 N–H and O–H groups in total. The van der Waals surface area contributed by atoms with Gasteiger partial charge in [-0.3, -0.25) is 10.00 Å². The predicted molar refractivity (Wildman–Crippen MR) is 102 cm³/mol. The third-order valence-electron chi connectivity index (χ3n) is 4.67. The summed E-state index contributed by atoms with van der Waals surface area (Å²) in [5.74, 6) is 0. The number of aromatic nitrogens is 2. The summed E-state index contributed by atoms with van der Waals surface area (Å²) in [6.07, 6.45) is 4.19. The summed E-state index contributed by atoms with van der Waals surface area (Å²) >= 11 is 0. The highest BCUT2D eigenvalue weighted by Gasteiger charge is 2.10. The van der Waals surface area contributed by atoms with Gasteiger partial charge in [0.25, 0.3) is 0 Å². The third-order valence-corrected chi connectivity index (χ3v) is 4.67. The van der Waals surface area contributed by atoms with Gasteiger partial charge in [0, 0.05) is 25.0 Å². The average molecular weight is 333 g/mol. The first-order chi connectivity index (χ1) is 12.3. The van der Waals surface area contributed by atoms with Crippen molar-refractivity contribution in [3.8, 4) is 0 Å². The number of ether oxygens (including phenoxy) is 1. The molecule has 0 aliphatic carbocycles. The van der Waals surface area contributed by atoms with Crippen LogP contribution in [0, 0.1) is 6.92 Å². The minimum absolute atomic E-state index is 0.845. The van der Waals surface area contributed by atoms with Crippen LogP contribution in [-0.2, 0) is 11.3 Å². The number of aryl methyl sites for hydroxylation is 1. The number of hydrogen-bond donors (Lipinski definition) is 1. The summed E-state index contributed by atoms with van der Waals surface area (Å²) in [7, 11) is 0. The summed E-state index contributed by atoms with van der Waals surface area (Å²) < 4.78 is 5.40. The van der Waals surface area contributed by atoms with Crippen molar-refractivity contribution in [2.75, 3.05) is 26.3 Å². The van der Waals surface area contributed by atoms with Crippen LogP contribution in [0.25, 0.3) is 23.1 Å². The van der Waals surface area contributed by atoms with Crippen LogP contribution in [0.4, 0.5) is 0 Å². The number of nitrogens with zero attached hydrogens (tertiary/aromatic N) is 2. The lowest BCUT2D eigenvalue weighted by Gasteiger charge is -2.26. The van der Waals surface area contributed by atoms with Gasteiger partial charge >= 0.3 is 0 Å². The second kappa shape index (κ2) is 7.21. The Kier molecular flexibility index (Phi) is 4.63. The molecule has 4 heteroatoms. The van der Waals surface area contributed by atoms with E-state index in [0.717, 1.165) is 49.4 Å². The van der Waals surface area contributed by atoms with Gasteiger partial charge in [0.15, 0.2) is 0 Å². The maximum Gasteiger partial charge on any atom is 0.0927 e. The van der Waals surface area contributed by atoms with E-state index in [-0.39, 0.29) is 0 Å². The summed E-state index contributed by atoms with van der Waals surface area (Å²) in [5.41, 5.74) is 5.84. The fraction of sp³-hybridized carbons (Fsp3) is 0.286. The van der Waals surface area contributed by atoms with E-state index in [1.54, 1.807) is 0 Å². The topological polar surface area (TPSA) is 41.1 Å². The first kappa shape index (κ1) is 16.1. The Morgan fingerprint density at radius 1 is 1.08 bits per heavy atom. The molecule has 3 aromatic rings. The SMILES string of the molecule is Cc1ccc2c(/C=C/c3ccc(CN4CCOCC4)cc3)n[nH]c2c1. The molecule has 128 valence electrons. The maximum atomic E-state index is 5.40. The van der Waals surface area contributed by atoms with Crippen molar-refractivity contribution in [2.45, 2.75) is 13.5 Å². The normalized spacial score (nSPS) is 16.0. The molecule has 0 radical (unpaired) electrons. The number of fused-ring (bicyclic) bond motifs is 1. The lowest BCUT2D eigenvalue weighted by Crippen LogP contribution is -2.35. The Bertz CT molecular complexity index is 874. The molecule has 0 atom stereocenters. The first-order valence-electron chi connectivity index (χ1n) is 8.80. The number of nitrogens with one attached hydrogen (secondary N) is 1. The highest BCUT2D eigenvalue weighted by molar-refractivity contribution is 5.89. The van der Waals surface area contributed by atoms with E-state index in [1.165, 1.54) is 16.7 Å². The zero-order valence-corrected chi connectivity index (χ0v) is 14.5. The summed E-state index contributed by atoms with van der Waals surface area (Å²) in [5, 5.41) is 8.68. The average Bonchev–Trinajstić information content (AvgIpc) is 3.04. The van der Waals surface area contributed by atoms with Crippen molar-refractivity contribution in [1.82, 2.24) is 15.1 Å². The molecule has 0 amide bonds. The summed E-state index contributed by atoms with van der Waals surface area (Å²) in [4.78, 5) is 2.44. The second-order valence-electron chi connectivity index (χ2n) is 6.62. The van der Waals surface area contributed by atoms with Gasteiger partial charge in [0.2, 0.25) is 0 Å². The maximum absolute atomic E-state index is 5.40. The third kappa shape index (κ3) is 3.81. The number of rotatable bonds is 4. The molecule has 0 spiro atoms. The molecular formula is C21H23N3O. The van der Waals surface area contributed by atoms with Gasteiger partial charge in [-0.15, -0.1) is 0 Å². The Morgan fingerprint density at radius 3 is 2.68 bits per heavy atom. The molecule has 2 heterocycles. The van der Waals surface area contributed by atoms with Crippen LogP contribution in [-0.4, -0.2) is 41.4 Å². The van der Waals surface area contributed by atoms with Gasteiger partial charge < -0.3 is 4.74 Å². The van der Waals surface area contributed by atoms with E-state index in [4.69, 9.17) is 4.74 Å². The monoisotopic (exact) mass is 333 g/mol. The van der Waals surface area contributed by atoms with Crippen LogP contribution in [0.3, 0.4) is 0 Å². The number of benzene rings is 2. The van der Waals surface area contributed by atoms with E-state index >= 15 is 0 Å². The van der Waals surface area contributed by atoms with Gasteiger partial charge in [-0.2, -0.15) is 5.10 Å². The van der Waals surface area contributed by atoms with Crippen molar-refractivity contribution < 1.29 is 4.74 Å². The van der Waals surface area contributed by atoms with E-state index in [2.05, 4.69) is 76.6 Å². The summed E-state index contributed by atoms with van der Waals surface area (Å²) in [6.45, 7) is 6.82. The lowest BCUT2D eigenvalue weighted by molar-refractivity contribution is 0.0342. The molecule has 0 unspecified atom stereocenters. The van der Waals surface area contributed by atoms with Crippen LogP contribution in [0.1, 0.15) is 22.4 Å². The number of morpholine rings is 1. The molecule has 1 aliphatic rings. The van der Waals surface area contributed by atoms with Crippen molar-refractivity contribution in [3.63, 3.8) is 0 Å². The number of aromatic amines is 1. The van der Waals surface area contributed by atoms with Crippen molar-refractivity contribution in [1.29, 1.82) is 0 Å². The molecule has 4 nitrogen and oxygen atoms in total. The fourth-order valence-electron chi connectivity index (χ4n) is 3.21. The number of H-pyrrole nitrogens is 1. The van der Waals surface area contributed by atoms with E-state index in [1.807, 2.05) is 0 Å². The molecule has 2 aromatic carbocycles. The van der Waals surface area contributed by atoms with Crippen LogP contribution < -0.4 is 0 Å². The van der Waals surface area contributed by atoms with Crippen LogP contribution >= 0.6 is 0 Å². The van der Waals surface area contributed by atoms with Gasteiger partial charge in [0.1, 0.15) is 0 Å². The Labute approximate surface area is 148 Å². The van der Waals surface area contributed by atoms with E-state index in [9.17, 15) is 0 Å². The quantitative estimate of drug-likeness (QED) is 0.788. The Hall–Kier alpha value is -2.43. The molecule has 25 heavy (non-hydrogen) atoms. The highest BCUT2D eigenvalue weighted by atomic mass is 16.5. The van der Waals surface area contributed by atoms with Crippen LogP contribution in [0.15, 0.2) is 42.5 Å². The lowest BCUT2D eigenvalue weighted by atomic mass is 10.1. The zero-order chi connectivity index (χ0) is 17.1. The molecule has 1 saturated heterocycles. The smallest absolute Gasteiger partial charge is 0.0927 e. The van der Waals surface area contributed by atoms with Gasteiger partial charge in [-0.05, 0) is 35.8 Å². The van der Waals surface area contributed by atoms with Crippen LogP contribution in [0.2, 0.25) is 0 Å². The Morgan fingerprint density at radius 2 is 1.88 bits per heavy atom. The second-order valence-corrected chi connectivity index (χ2v) is 6.62.